The summed E-state index contributed by atoms with van der Waals surface area (Å²) >= 11 is 0. The average molecular weight is 294 g/mol. The molecule has 112 valence electrons. The maximum atomic E-state index is 11.3. The molecule has 22 heavy (non-hydrogen) atoms. The predicted molar refractivity (Wildman–Crippen MR) is 88.9 cm³/mol. The molecule has 0 saturated heterocycles. The van der Waals surface area contributed by atoms with Crippen LogP contribution < -0.4 is 0 Å². The van der Waals surface area contributed by atoms with E-state index in [9.17, 15) is 10.1 Å². The van der Waals surface area contributed by atoms with Gasteiger partial charge in [-0.05, 0) is 18.6 Å². The molecule has 0 aliphatic carbocycles. The van der Waals surface area contributed by atoms with E-state index in [-0.39, 0.29) is 10.6 Å². The Bertz CT molecular complexity index is 821. The molecule has 0 spiro atoms. The number of nitro groups is 1. The molecule has 4 nitrogen and oxygen atoms in total. The summed E-state index contributed by atoms with van der Waals surface area (Å²) in [4.78, 5) is 11.0. The molecule has 0 fully saturated rings. The van der Waals surface area contributed by atoms with E-state index in [1.807, 2.05) is 36.5 Å². The third kappa shape index (κ3) is 2.48. The standard InChI is InChI=1S/C18H18N2O2/c1-2-3-12-19-13-16(14-8-4-6-10-17(14)19)15-9-5-7-11-18(15)20(21)22/h4-11,13H,2-3,12H2,1H3. The lowest BCUT2D eigenvalue weighted by Gasteiger charge is -2.02. The fourth-order valence-corrected chi connectivity index (χ4v) is 2.84. The van der Waals surface area contributed by atoms with Crippen molar-refractivity contribution in [2.75, 3.05) is 0 Å². The Morgan fingerprint density at radius 1 is 1.05 bits per heavy atom. The first-order valence-corrected chi connectivity index (χ1v) is 7.54. The molecule has 0 aliphatic rings. The Hall–Kier alpha value is -2.62. The summed E-state index contributed by atoms with van der Waals surface area (Å²) < 4.78 is 2.20. The quantitative estimate of drug-likeness (QED) is 0.490. The molecule has 1 heterocycles. The fourth-order valence-electron chi connectivity index (χ4n) is 2.84. The Labute approximate surface area is 129 Å². The molecular weight excluding hydrogens is 276 g/mol. The van der Waals surface area contributed by atoms with Gasteiger partial charge in [0.2, 0.25) is 0 Å². The van der Waals surface area contributed by atoms with Gasteiger partial charge in [-0.2, -0.15) is 0 Å². The molecule has 1 aromatic heterocycles. The second-order valence-electron chi connectivity index (χ2n) is 5.38. The van der Waals surface area contributed by atoms with Crippen LogP contribution in [0.2, 0.25) is 0 Å². The summed E-state index contributed by atoms with van der Waals surface area (Å²) in [5.41, 5.74) is 2.89. The topological polar surface area (TPSA) is 48.1 Å². The van der Waals surface area contributed by atoms with Crippen LogP contribution in [0.3, 0.4) is 0 Å². The number of fused-ring (bicyclic) bond motifs is 1. The summed E-state index contributed by atoms with van der Waals surface area (Å²) in [5, 5.41) is 12.4. The summed E-state index contributed by atoms with van der Waals surface area (Å²) in [7, 11) is 0. The minimum absolute atomic E-state index is 0.154. The van der Waals surface area contributed by atoms with Crippen LogP contribution in [0.15, 0.2) is 54.7 Å². The smallest absolute Gasteiger partial charge is 0.277 e. The Morgan fingerprint density at radius 2 is 1.77 bits per heavy atom. The van der Waals surface area contributed by atoms with Crippen molar-refractivity contribution in [3.05, 3.63) is 64.8 Å². The zero-order valence-corrected chi connectivity index (χ0v) is 12.5. The van der Waals surface area contributed by atoms with Crippen LogP contribution in [0.5, 0.6) is 0 Å². The van der Waals surface area contributed by atoms with Gasteiger partial charge in [-0.25, -0.2) is 0 Å². The van der Waals surface area contributed by atoms with E-state index in [1.54, 1.807) is 12.1 Å². The van der Waals surface area contributed by atoms with Gasteiger partial charge >= 0.3 is 0 Å². The monoisotopic (exact) mass is 294 g/mol. The van der Waals surface area contributed by atoms with Gasteiger partial charge in [-0.3, -0.25) is 10.1 Å². The van der Waals surface area contributed by atoms with Crippen molar-refractivity contribution in [2.45, 2.75) is 26.3 Å². The van der Waals surface area contributed by atoms with Crippen LogP contribution in [0.25, 0.3) is 22.0 Å². The van der Waals surface area contributed by atoms with Crippen LogP contribution in [0.4, 0.5) is 5.69 Å². The minimum atomic E-state index is -0.312. The van der Waals surface area contributed by atoms with Gasteiger partial charge < -0.3 is 4.57 Å². The summed E-state index contributed by atoms with van der Waals surface area (Å²) in [6.07, 6.45) is 4.25. The molecule has 2 aromatic carbocycles. The van der Waals surface area contributed by atoms with Crippen molar-refractivity contribution in [1.82, 2.24) is 4.57 Å². The normalized spacial score (nSPS) is 11.0. The number of nitrogens with zero attached hydrogens (tertiary/aromatic N) is 2. The molecule has 0 saturated carbocycles. The number of benzene rings is 2. The third-order valence-electron chi connectivity index (χ3n) is 3.93. The number of para-hydroxylation sites is 2. The van der Waals surface area contributed by atoms with Gasteiger partial charge in [0.15, 0.2) is 0 Å². The summed E-state index contributed by atoms with van der Waals surface area (Å²) in [6.45, 7) is 3.09. The van der Waals surface area contributed by atoms with Crippen molar-refractivity contribution in [3.8, 4) is 11.1 Å². The van der Waals surface area contributed by atoms with Crippen molar-refractivity contribution in [3.63, 3.8) is 0 Å². The minimum Gasteiger partial charge on any atom is -0.347 e. The number of aromatic nitrogens is 1. The highest BCUT2D eigenvalue weighted by atomic mass is 16.6. The lowest BCUT2D eigenvalue weighted by molar-refractivity contribution is -0.384. The lowest BCUT2D eigenvalue weighted by atomic mass is 10.0. The van der Waals surface area contributed by atoms with Crippen LogP contribution >= 0.6 is 0 Å². The molecule has 3 rings (SSSR count). The van der Waals surface area contributed by atoms with Crippen molar-refractivity contribution in [1.29, 1.82) is 0 Å². The van der Waals surface area contributed by atoms with E-state index >= 15 is 0 Å². The molecule has 3 aromatic rings. The Morgan fingerprint density at radius 3 is 2.55 bits per heavy atom. The van der Waals surface area contributed by atoms with E-state index in [2.05, 4.69) is 17.6 Å². The molecule has 0 bridgehead atoms. The van der Waals surface area contributed by atoms with Gasteiger partial charge in [0.1, 0.15) is 0 Å². The van der Waals surface area contributed by atoms with E-state index in [4.69, 9.17) is 0 Å². The number of aryl methyl sites for hydroxylation is 1. The molecule has 0 N–H and O–H groups in total. The first kappa shape index (κ1) is 14.3. The molecule has 0 aliphatic heterocycles. The molecule has 0 unspecified atom stereocenters. The zero-order valence-electron chi connectivity index (χ0n) is 12.5. The number of hydrogen-bond donors (Lipinski definition) is 0. The van der Waals surface area contributed by atoms with Crippen molar-refractivity contribution < 1.29 is 4.92 Å². The highest BCUT2D eigenvalue weighted by Crippen LogP contribution is 2.36. The van der Waals surface area contributed by atoms with E-state index in [1.165, 1.54) is 0 Å². The predicted octanol–water partition coefficient (Wildman–Crippen LogP) is 5.02. The highest BCUT2D eigenvalue weighted by Gasteiger charge is 2.18. The van der Waals surface area contributed by atoms with Crippen LogP contribution in [0, 0.1) is 10.1 Å². The molecule has 0 atom stereocenters. The van der Waals surface area contributed by atoms with Crippen molar-refractivity contribution in [2.24, 2.45) is 0 Å². The lowest BCUT2D eigenvalue weighted by Crippen LogP contribution is -1.95. The number of nitro benzene ring substituents is 1. The SMILES string of the molecule is CCCCn1cc(-c2ccccc2[N+](=O)[O-])c2ccccc21. The second-order valence-corrected chi connectivity index (χ2v) is 5.38. The molecular formula is C18H18N2O2. The largest absolute Gasteiger partial charge is 0.347 e. The average Bonchev–Trinajstić information content (AvgIpc) is 2.91. The van der Waals surface area contributed by atoms with Crippen LogP contribution in [-0.4, -0.2) is 9.49 Å². The van der Waals surface area contributed by atoms with Gasteiger partial charge in [-0.15, -0.1) is 0 Å². The van der Waals surface area contributed by atoms with Crippen LogP contribution in [-0.2, 0) is 6.54 Å². The number of rotatable bonds is 5. The van der Waals surface area contributed by atoms with E-state index < -0.39 is 0 Å². The highest BCUT2D eigenvalue weighted by molar-refractivity contribution is 5.98. The van der Waals surface area contributed by atoms with E-state index in [0.717, 1.165) is 35.9 Å². The maximum absolute atomic E-state index is 11.3. The summed E-state index contributed by atoms with van der Waals surface area (Å²) in [5.74, 6) is 0. The number of unbranched alkanes of at least 4 members (excludes halogenated alkanes) is 1. The third-order valence-corrected chi connectivity index (χ3v) is 3.93. The van der Waals surface area contributed by atoms with E-state index in [0.29, 0.717) is 5.56 Å². The number of hydrogen-bond acceptors (Lipinski definition) is 2. The molecule has 0 radical (unpaired) electrons. The van der Waals surface area contributed by atoms with Gasteiger partial charge in [-0.1, -0.05) is 43.7 Å². The maximum Gasteiger partial charge on any atom is 0.277 e. The Balaban J connectivity index is 2.21. The van der Waals surface area contributed by atoms with Crippen molar-refractivity contribution >= 4 is 16.6 Å². The second kappa shape index (κ2) is 6.02. The van der Waals surface area contributed by atoms with Gasteiger partial charge in [0.05, 0.1) is 10.5 Å². The zero-order chi connectivity index (χ0) is 15.5. The molecule has 4 heteroatoms. The van der Waals surface area contributed by atoms with Gasteiger partial charge in [0.25, 0.3) is 5.69 Å². The van der Waals surface area contributed by atoms with Gasteiger partial charge in [0, 0.05) is 35.3 Å². The fraction of sp³-hybridized carbons (Fsp3) is 0.222. The first-order valence-electron chi connectivity index (χ1n) is 7.54. The van der Waals surface area contributed by atoms with Crippen LogP contribution in [0.1, 0.15) is 19.8 Å². The Kier molecular flexibility index (Phi) is 3.92. The molecule has 0 amide bonds. The summed E-state index contributed by atoms with van der Waals surface area (Å²) in [6, 6.07) is 15.0. The first-order chi connectivity index (χ1) is 10.7.